The summed E-state index contributed by atoms with van der Waals surface area (Å²) in [6.45, 7) is 5.12. The number of ether oxygens (including phenoxy) is 1. The highest BCUT2D eigenvalue weighted by Gasteiger charge is 2.31. The van der Waals surface area contributed by atoms with E-state index in [9.17, 15) is 9.59 Å². The van der Waals surface area contributed by atoms with Crippen LogP contribution in [-0.2, 0) is 4.79 Å². The van der Waals surface area contributed by atoms with Gasteiger partial charge in [0, 0.05) is 24.6 Å². The van der Waals surface area contributed by atoms with Crippen LogP contribution in [0.25, 0.3) is 0 Å². The molecule has 2 aromatic carbocycles. The summed E-state index contributed by atoms with van der Waals surface area (Å²) in [6, 6.07) is 12.4. The summed E-state index contributed by atoms with van der Waals surface area (Å²) in [5.74, 6) is -0.117. The Balaban J connectivity index is 1.62. The number of hydrogen-bond donors (Lipinski definition) is 1. The molecule has 25 heavy (non-hydrogen) atoms. The van der Waals surface area contributed by atoms with Gasteiger partial charge in [-0.05, 0) is 49.7 Å². The van der Waals surface area contributed by atoms with E-state index in [1.165, 1.54) is 17.7 Å². The Morgan fingerprint density at radius 3 is 2.56 bits per heavy atom. The summed E-state index contributed by atoms with van der Waals surface area (Å²) >= 11 is 0. The van der Waals surface area contributed by atoms with Gasteiger partial charge in [-0.1, -0.05) is 17.7 Å². The molecule has 0 aliphatic carbocycles. The van der Waals surface area contributed by atoms with Gasteiger partial charge in [-0.3, -0.25) is 4.79 Å². The third-order valence-electron chi connectivity index (χ3n) is 4.44. The number of amides is 1. The van der Waals surface area contributed by atoms with Crippen LogP contribution < -0.4 is 9.64 Å². The maximum Gasteiger partial charge on any atom is 0.335 e. The highest BCUT2D eigenvalue weighted by Crippen LogP contribution is 2.29. The normalized spacial score (nSPS) is 17.0. The van der Waals surface area contributed by atoms with Gasteiger partial charge >= 0.3 is 5.97 Å². The number of benzene rings is 2. The van der Waals surface area contributed by atoms with Crippen molar-refractivity contribution in [3.8, 4) is 5.75 Å². The van der Waals surface area contributed by atoms with Gasteiger partial charge in [0.05, 0.1) is 12.2 Å². The topological polar surface area (TPSA) is 66.8 Å². The molecule has 0 radical (unpaired) electrons. The van der Waals surface area contributed by atoms with Gasteiger partial charge in [0.2, 0.25) is 5.91 Å². The van der Waals surface area contributed by atoms with Crippen LogP contribution in [0.3, 0.4) is 0 Å². The van der Waals surface area contributed by atoms with Crippen LogP contribution >= 0.6 is 0 Å². The van der Waals surface area contributed by atoms with Gasteiger partial charge in [-0.15, -0.1) is 0 Å². The lowest BCUT2D eigenvalue weighted by molar-refractivity contribution is -0.117. The summed E-state index contributed by atoms with van der Waals surface area (Å²) in [7, 11) is 0. The SMILES string of the molecule is Cc1ccc(N2CC(COc3ccc(C(=O)O)cc3)CC2=O)c(C)c1. The second kappa shape index (κ2) is 6.97. The number of anilines is 1. The fraction of sp³-hybridized carbons (Fsp3) is 0.300. The summed E-state index contributed by atoms with van der Waals surface area (Å²) in [5, 5.41) is 8.90. The lowest BCUT2D eigenvalue weighted by Crippen LogP contribution is -2.26. The molecular weight excluding hydrogens is 318 g/mol. The standard InChI is InChI=1S/C20H21NO4/c1-13-3-8-18(14(2)9-13)21-11-15(10-19(21)22)12-25-17-6-4-16(5-7-17)20(23)24/h3-9,15H,10-12H2,1-2H3,(H,23,24). The smallest absolute Gasteiger partial charge is 0.335 e. The number of hydrogen-bond acceptors (Lipinski definition) is 3. The average Bonchev–Trinajstić information content (AvgIpc) is 2.94. The number of carboxylic acids is 1. The van der Waals surface area contributed by atoms with Crippen LogP contribution in [0.5, 0.6) is 5.75 Å². The van der Waals surface area contributed by atoms with Crippen LogP contribution in [0, 0.1) is 19.8 Å². The van der Waals surface area contributed by atoms with Crippen molar-refractivity contribution in [2.24, 2.45) is 5.92 Å². The Morgan fingerprint density at radius 2 is 1.92 bits per heavy atom. The number of carbonyl (C=O) groups is 2. The largest absolute Gasteiger partial charge is 0.493 e. The average molecular weight is 339 g/mol. The molecule has 1 saturated heterocycles. The Hall–Kier alpha value is -2.82. The third-order valence-corrected chi connectivity index (χ3v) is 4.44. The number of nitrogens with zero attached hydrogens (tertiary/aromatic N) is 1. The fourth-order valence-corrected chi connectivity index (χ4v) is 3.14. The molecule has 5 heteroatoms. The van der Waals surface area contributed by atoms with Gasteiger partial charge in [0.15, 0.2) is 0 Å². The maximum absolute atomic E-state index is 12.4. The second-order valence-electron chi connectivity index (χ2n) is 6.50. The Labute approximate surface area is 146 Å². The van der Waals surface area contributed by atoms with E-state index < -0.39 is 5.97 Å². The molecule has 0 bridgehead atoms. The molecule has 130 valence electrons. The third kappa shape index (κ3) is 3.82. The van der Waals surface area contributed by atoms with Crippen LogP contribution in [0.15, 0.2) is 42.5 Å². The molecule has 1 heterocycles. The van der Waals surface area contributed by atoms with Crippen molar-refractivity contribution in [2.75, 3.05) is 18.1 Å². The Bertz CT molecular complexity index is 798. The predicted molar refractivity (Wildman–Crippen MR) is 95.3 cm³/mol. The zero-order chi connectivity index (χ0) is 18.0. The van der Waals surface area contributed by atoms with Crippen molar-refractivity contribution in [1.29, 1.82) is 0 Å². The van der Waals surface area contributed by atoms with Crippen molar-refractivity contribution < 1.29 is 19.4 Å². The summed E-state index contributed by atoms with van der Waals surface area (Å²) in [4.78, 5) is 25.0. The first-order valence-corrected chi connectivity index (χ1v) is 8.28. The Kier molecular flexibility index (Phi) is 4.74. The molecule has 1 N–H and O–H groups in total. The minimum Gasteiger partial charge on any atom is -0.493 e. The molecule has 1 aliphatic heterocycles. The zero-order valence-electron chi connectivity index (χ0n) is 14.4. The number of carboxylic acid groups (broad SMARTS) is 1. The van der Waals surface area contributed by atoms with E-state index >= 15 is 0 Å². The molecule has 0 saturated carbocycles. The molecule has 3 rings (SSSR count). The first kappa shape index (κ1) is 17.0. The monoisotopic (exact) mass is 339 g/mol. The number of aryl methyl sites for hydroxylation is 2. The van der Waals surface area contributed by atoms with Gasteiger partial charge in [-0.25, -0.2) is 4.79 Å². The molecule has 1 amide bonds. The van der Waals surface area contributed by atoms with E-state index in [0.717, 1.165) is 11.3 Å². The predicted octanol–water partition coefficient (Wildman–Crippen LogP) is 3.43. The first-order chi connectivity index (χ1) is 11.9. The molecule has 5 nitrogen and oxygen atoms in total. The number of aromatic carboxylic acids is 1. The van der Waals surface area contributed by atoms with Crippen LogP contribution in [0.4, 0.5) is 5.69 Å². The van der Waals surface area contributed by atoms with E-state index in [0.29, 0.717) is 25.3 Å². The molecule has 1 unspecified atom stereocenters. The van der Waals surface area contributed by atoms with Gasteiger partial charge in [0.1, 0.15) is 5.75 Å². The van der Waals surface area contributed by atoms with Crippen LogP contribution in [0.1, 0.15) is 27.9 Å². The molecule has 1 atom stereocenters. The van der Waals surface area contributed by atoms with Gasteiger partial charge < -0.3 is 14.7 Å². The minimum atomic E-state index is -0.961. The lowest BCUT2D eigenvalue weighted by Gasteiger charge is -2.19. The molecule has 2 aromatic rings. The fourth-order valence-electron chi connectivity index (χ4n) is 3.14. The van der Waals surface area contributed by atoms with E-state index in [4.69, 9.17) is 9.84 Å². The van der Waals surface area contributed by atoms with Crippen LogP contribution in [0.2, 0.25) is 0 Å². The van der Waals surface area contributed by atoms with E-state index in [2.05, 4.69) is 6.07 Å². The highest BCUT2D eigenvalue weighted by atomic mass is 16.5. The number of carbonyl (C=O) groups excluding carboxylic acids is 1. The first-order valence-electron chi connectivity index (χ1n) is 8.28. The minimum absolute atomic E-state index is 0.113. The van der Waals surface area contributed by atoms with Crippen molar-refractivity contribution in [2.45, 2.75) is 20.3 Å². The summed E-state index contributed by atoms with van der Waals surface area (Å²) < 4.78 is 5.73. The zero-order valence-corrected chi connectivity index (χ0v) is 14.4. The second-order valence-corrected chi connectivity index (χ2v) is 6.50. The van der Waals surface area contributed by atoms with Crippen molar-refractivity contribution >= 4 is 17.6 Å². The van der Waals surface area contributed by atoms with E-state index in [1.807, 2.05) is 30.9 Å². The molecule has 0 aromatic heterocycles. The van der Waals surface area contributed by atoms with Crippen molar-refractivity contribution in [3.05, 3.63) is 59.2 Å². The molecule has 1 fully saturated rings. The molecule has 0 spiro atoms. The quantitative estimate of drug-likeness (QED) is 0.906. The highest BCUT2D eigenvalue weighted by molar-refractivity contribution is 5.96. The van der Waals surface area contributed by atoms with E-state index in [-0.39, 0.29) is 17.4 Å². The van der Waals surface area contributed by atoms with E-state index in [1.54, 1.807) is 12.1 Å². The van der Waals surface area contributed by atoms with Crippen LogP contribution in [-0.4, -0.2) is 30.1 Å². The lowest BCUT2D eigenvalue weighted by atomic mass is 10.1. The van der Waals surface area contributed by atoms with Crippen molar-refractivity contribution in [1.82, 2.24) is 0 Å². The summed E-state index contributed by atoms with van der Waals surface area (Å²) in [6.07, 6.45) is 0.459. The Morgan fingerprint density at radius 1 is 1.20 bits per heavy atom. The maximum atomic E-state index is 12.4. The van der Waals surface area contributed by atoms with Crippen molar-refractivity contribution in [3.63, 3.8) is 0 Å². The van der Waals surface area contributed by atoms with Gasteiger partial charge in [-0.2, -0.15) is 0 Å². The molecule has 1 aliphatic rings. The summed E-state index contributed by atoms with van der Waals surface area (Å²) in [5.41, 5.74) is 3.46. The molecular formula is C20H21NO4. The number of rotatable bonds is 5. The van der Waals surface area contributed by atoms with Gasteiger partial charge in [0.25, 0.3) is 0 Å².